The van der Waals surface area contributed by atoms with E-state index in [4.69, 9.17) is 15.2 Å². The zero-order valence-electron chi connectivity index (χ0n) is 11.2. The van der Waals surface area contributed by atoms with E-state index in [0.29, 0.717) is 19.8 Å². The summed E-state index contributed by atoms with van der Waals surface area (Å²) in [7, 11) is 0. The third-order valence-corrected chi connectivity index (χ3v) is 3.03. The van der Waals surface area contributed by atoms with Crippen LogP contribution in [0.15, 0.2) is 24.3 Å². The van der Waals surface area contributed by atoms with Gasteiger partial charge < -0.3 is 15.2 Å². The molecule has 2 N–H and O–H groups in total. The molecule has 1 aromatic rings. The van der Waals surface area contributed by atoms with Crippen LogP contribution in [-0.2, 0) is 4.74 Å². The second-order valence-electron chi connectivity index (χ2n) is 4.73. The molecule has 1 fully saturated rings. The molecule has 0 saturated heterocycles. The van der Waals surface area contributed by atoms with Crippen molar-refractivity contribution >= 4 is 0 Å². The quantitative estimate of drug-likeness (QED) is 0.603. The first-order valence-electron chi connectivity index (χ1n) is 6.88. The van der Waals surface area contributed by atoms with Crippen molar-refractivity contribution in [2.45, 2.75) is 19.3 Å². The van der Waals surface area contributed by atoms with E-state index in [2.05, 4.69) is 11.8 Å². The van der Waals surface area contributed by atoms with E-state index in [-0.39, 0.29) is 0 Å². The number of benzene rings is 1. The summed E-state index contributed by atoms with van der Waals surface area (Å²) in [6.45, 7) is 2.46. The smallest absolute Gasteiger partial charge is 0.120 e. The number of ether oxygens (including phenoxy) is 2. The van der Waals surface area contributed by atoms with Crippen molar-refractivity contribution in [2.24, 2.45) is 11.7 Å². The fourth-order valence-corrected chi connectivity index (χ4v) is 1.79. The Morgan fingerprint density at radius 3 is 2.89 bits per heavy atom. The summed E-state index contributed by atoms with van der Waals surface area (Å²) in [5.41, 5.74) is 6.27. The summed E-state index contributed by atoms with van der Waals surface area (Å²) in [5.74, 6) is 7.58. The predicted octanol–water partition coefficient (Wildman–Crippen LogP) is 2.19. The summed E-state index contributed by atoms with van der Waals surface area (Å²) in [6.07, 6.45) is 3.97. The van der Waals surface area contributed by atoms with Gasteiger partial charge in [0.2, 0.25) is 0 Å². The first-order valence-corrected chi connectivity index (χ1v) is 6.88. The lowest BCUT2D eigenvalue weighted by Gasteiger charge is -2.07. The van der Waals surface area contributed by atoms with Crippen LogP contribution < -0.4 is 10.5 Å². The minimum atomic E-state index is 0.375. The number of nitrogens with two attached hydrogens (primary N) is 1. The highest BCUT2D eigenvalue weighted by Crippen LogP contribution is 2.31. The third-order valence-electron chi connectivity index (χ3n) is 3.03. The normalized spacial score (nSPS) is 13.7. The highest BCUT2D eigenvalue weighted by atomic mass is 16.5. The summed E-state index contributed by atoms with van der Waals surface area (Å²) < 4.78 is 11.2. The molecule has 1 aromatic carbocycles. The van der Waals surface area contributed by atoms with E-state index in [1.807, 2.05) is 24.3 Å². The molecule has 3 nitrogen and oxygen atoms in total. The molecule has 0 aliphatic heterocycles. The van der Waals surface area contributed by atoms with E-state index in [1.165, 1.54) is 19.3 Å². The first kappa shape index (κ1) is 13.9. The second kappa shape index (κ2) is 7.83. The molecule has 2 rings (SSSR count). The average Bonchev–Trinajstić information content (AvgIpc) is 3.25. The molecular weight excluding hydrogens is 238 g/mol. The van der Waals surface area contributed by atoms with Crippen LogP contribution in [0.25, 0.3) is 0 Å². The average molecular weight is 259 g/mol. The van der Waals surface area contributed by atoms with Gasteiger partial charge in [0.05, 0.1) is 13.2 Å². The zero-order chi connectivity index (χ0) is 13.3. The van der Waals surface area contributed by atoms with Gasteiger partial charge in [-0.25, -0.2) is 0 Å². The Bertz CT molecular complexity index is 444. The van der Waals surface area contributed by atoms with Crippen LogP contribution in [0.2, 0.25) is 0 Å². The number of hydrogen-bond donors (Lipinski definition) is 1. The summed E-state index contributed by atoms with van der Waals surface area (Å²) in [5, 5.41) is 0. The van der Waals surface area contributed by atoms with Gasteiger partial charge >= 0.3 is 0 Å². The van der Waals surface area contributed by atoms with E-state index in [1.54, 1.807) is 0 Å². The van der Waals surface area contributed by atoms with Gasteiger partial charge in [0.15, 0.2) is 0 Å². The predicted molar refractivity (Wildman–Crippen MR) is 76.0 cm³/mol. The second-order valence-corrected chi connectivity index (χ2v) is 4.73. The minimum absolute atomic E-state index is 0.375. The molecule has 1 aliphatic rings. The van der Waals surface area contributed by atoms with E-state index in [9.17, 15) is 0 Å². The Balaban J connectivity index is 1.63. The third kappa shape index (κ3) is 5.78. The molecule has 102 valence electrons. The highest BCUT2D eigenvalue weighted by molar-refractivity contribution is 5.39. The Kier molecular flexibility index (Phi) is 5.74. The van der Waals surface area contributed by atoms with Gasteiger partial charge in [-0.05, 0) is 30.5 Å². The van der Waals surface area contributed by atoms with Gasteiger partial charge in [0.25, 0.3) is 0 Å². The Morgan fingerprint density at radius 2 is 2.11 bits per heavy atom. The Labute approximate surface area is 115 Å². The van der Waals surface area contributed by atoms with Crippen LogP contribution in [0.3, 0.4) is 0 Å². The highest BCUT2D eigenvalue weighted by Gasteiger charge is 2.20. The van der Waals surface area contributed by atoms with Crippen molar-refractivity contribution < 1.29 is 9.47 Å². The molecule has 0 aromatic heterocycles. The zero-order valence-corrected chi connectivity index (χ0v) is 11.2. The van der Waals surface area contributed by atoms with Crippen LogP contribution in [0.5, 0.6) is 5.75 Å². The van der Waals surface area contributed by atoms with Crippen molar-refractivity contribution in [3.8, 4) is 17.6 Å². The molecule has 0 spiro atoms. The molecule has 0 bridgehead atoms. The van der Waals surface area contributed by atoms with E-state index >= 15 is 0 Å². The molecular formula is C16H21NO2. The number of rotatable bonds is 7. The van der Waals surface area contributed by atoms with Crippen LogP contribution in [0.4, 0.5) is 0 Å². The molecule has 0 unspecified atom stereocenters. The molecule has 1 aliphatic carbocycles. The molecule has 0 radical (unpaired) electrons. The monoisotopic (exact) mass is 259 g/mol. The van der Waals surface area contributed by atoms with Crippen molar-refractivity contribution in [1.29, 1.82) is 0 Å². The fraction of sp³-hybridized carbons (Fsp3) is 0.500. The van der Waals surface area contributed by atoms with Gasteiger partial charge in [0.1, 0.15) is 12.4 Å². The standard InChI is InChI=1S/C16H21NO2/c17-9-2-4-15-3-1-5-16(13-15)19-12-11-18-10-8-14-6-7-14/h1,3,5,13-14H,6-12,17H2. The van der Waals surface area contributed by atoms with Crippen molar-refractivity contribution in [3.63, 3.8) is 0 Å². The van der Waals surface area contributed by atoms with Gasteiger partial charge in [-0.3, -0.25) is 0 Å². The Morgan fingerprint density at radius 1 is 1.21 bits per heavy atom. The fourth-order valence-electron chi connectivity index (χ4n) is 1.79. The number of hydrogen-bond acceptors (Lipinski definition) is 3. The molecule has 19 heavy (non-hydrogen) atoms. The molecule has 0 atom stereocenters. The lowest BCUT2D eigenvalue weighted by Crippen LogP contribution is -2.07. The lowest BCUT2D eigenvalue weighted by atomic mass is 10.2. The van der Waals surface area contributed by atoms with Crippen molar-refractivity contribution in [2.75, 3.05) is 26.4 Å². The first-order chi connectivity index (χ1) is 9.38. The van der Waals surface area contributed by atoms with E-state index < -0.39 is 0 Å². The maximum absolute atomic E-state index is 5.63. The van der Waals surface area contributed by atoms with Crippen LogP contribution in [0.1, 0.15) is 24.8 Å². The minimum Gasteiger partial charge on any atom is -0.491 e. The maximum Gasteiger partial charge on any atom is 0.120 e. The van der Waals surface area contributed by atoms with Gasteiger partial charge in [-0.15, -0.1) is 0 Å². The summed E-state index contributed by atoms with van der Waals surface area (Å²) >= 11 is 0. The van der Waals surface area contributed by atoms with Crippen LogP contribution in [-0.4, -0.2) is 26.4 Å². The maximum atomic E-state index is 5.63. The molecule has 1 saturated carbocycles. The summed E-state index contributed by atoms with van der Waals surface area (Å²) in [6, 6.07) is 7.73. The SMILES string of the molecule is NCC#Cc1cccc(OCCOCCC2CC2)c1. The molecule has 0 heterocycles. The largest absolute Gasteiger partial charge is 0.491 e. The van der Waals surface area contributed by atoms with Gasteiger partial charge in [0, 0.05) is 12.2 Å². The van der Waals surface area contributed by atoms with Crippen LogP contribution >= 0.6 is 0 Å². The molecule has 0 amide bonds. The lowest BCUT2D eigenvalue weighted by molar-refractivity contribution is 0.0958. The summed E-state index contributed by atoms with van der Waals surface area (Å²) in [4.78, 5) is 0. The Hall–Kier alpha value is -1.50. The molecule has 3 heteroatoms. The van der Waals surface area contributed by atoms with E-state index in [0.717, 1.165) is 23.8 Å². The van der Waals surface area contributed by atoms with Gasteiger partial charge in [-0.2, -0.15) is 0 Å². The van der Waals surface area contributed by atoms with Crippen LogP contribution in [0, 0.1) is 17.8 Å². The topological polar surface area (TPSA) is 44.5 Å². The van der Waals surface area contributed by atoms with Crippen molar-refractivity contribution in [3.05, 3.63) is 29.8 Å². The van der Waals surface area contributed by atoms with Gasteiger partial charge in [-0.1, -0.05) is 30.7 Å². The van der Waals surface area contributed by atoms with Crippen molar-refractivity contribution in [1.82, 2.24) is 0 Å².